The van der Waals surface area contributed by atoms with E-state index in [0.29, 0.717) is 6.61 Å². The topological polar surface area (TPSA) is 12.5 Å². The van der Waals surface area contributed by atoms with Crippen LogP contribution in [0.2, 0.25) is 0 Å². The molecule has 0 N–H and O–H groups in total. The highest BCUT2D eigenvalue weighted by molar-refractivity contribution is 5.38. The molecule has 1 aliphatic rings. The minimum absolute atomic E-state index is 0.0171. The molecule has 0 saturated carbocycles. The monoisotopic (exact) mass is 357 g/mol. The normalized spacial score (nSPS) is 20.1. The molecule has 1 heterocycles. The lowest BCUT2D eigenvalue weighted by molar-refractivity contribution is 0.0244. The van der Waals surface area contributed by atoms with Crippen LogP contribution in [0.5, 0.6) is 0 Å². The summed E-state index contributed by atoms with van der Waals surface area (Å²) in [7, 11) is 0. The van der Waals surface area contributed by atoms with Crippen molar-refractivity contribution in [1.29, 1.82) is 0 Å². The fourth-order valence-corrected chi connectivity index (χ4v) is 4.24. The maximum atomic E-state index is 6.32. The Morgan fingerprint density at radius 3 is 1.96 bits per heavy atom. The van der Waals surface area contributed by atoms with Gasteiger partial charge in [-0.2, -0.15) is 0 Å². The molecule has 4 rings (SSSR count). The molecule has 3 aromatic rings. The zero-order valence-corrected chi connectivity index (χ0v) is 16.4. The smallest absolute Gasteiger partial charge is 0.137 e. The third-order valence-corrected chi connectivity index (χ3v) is 5.56. The van der Waals surface area contributed by atoms with Crippen molar-refractivity contribution in [1.82, 2.24) is 4.90 Å². The lowest BCUT2D eigenvalue weighted by Crippen LogP contribution is -2.27. The fourth-order valence-electron chi connectivity index (χ4n) is 4.24. The van der Waals surface area contributed by atoms with E-state index in [0.717, 1.165) is 6.54 Å². The highest BCUT2D eigenvalue weighted by Crippen LogP contribution is 2.40. The number of hydrogen-bond donors (Lipinski definition) is 0. The molecule has 138 valence electrons. The van der Waals surface area contributed by atoms with Crippen molar-refractivity contribution in [3.63, 3.8) is 0 Å². The lowest BCUT2D eigenvalue weighted by Gasteiger charge is -2.30. The Bertz CT molecular complexity index is 834. The quantitative estimate of drug-likeness (QED) is 0.578. The third-order valence-electron chi connectivity index (χ3n) is 5.56. The Hall–Kier alpha value is -2.42. The van der Waals surface area contributed by atoms with Gasteiger partial charge in [0.05, 0.1) is 12.6 Å². The highest BCUT2D eigenvalue weighted by atomic mass is 16.5. The first-order valence-corrected chi connectivity index (χ1v) is 9.67. The summed E-state index contributed by atoms with van der Waals surface area (Å²) in [5.41, 5.74) is 7.99. The van der Waals surface area contributed by atoms with Crippen LogP contribution in [-0.4, -0.2) is 11.5 Å². The Labute approximate surface area is 162 Å². The second kappa shape index (κ2) is 7.67. The van der Waals surface area contributed by atoms with Crippen LogP contribution in [0, 0.1) is 20.8 Å². The number of ether oxygens (including phenoxy) is 1. The van der Waals surface area contributed by atoms with E-state index in [9.17, 15) is 0 Å². The summed E-state index contributed by atoms with van der Waals surface area (Å²) in [5.74, 6) is 0. The molecule has 27 heavy (non-hydrogen) atoms. The van der Waals surface area contributed by atoms with Gasteiger partial charge in [-0.05, 0) is 48.6 Å². The predicted molar refractivity (Wildman–Crippen MR) is 111 cm³/mol. The molecule has 1 fully saturated rings. The summed E-state index contributed by atoms with van der Waals surface area (Å²) in [6, 6.07) is 26.1. The second-order valence-corrected chi connectivity index (χ2v) is 7.57. The molecule has 1 saturated heterocycles. The molecule has 2 atom stereocenters. The molecule has 0 aliphatic carbocycles. The number of benzene rings is 3. The first-order chi connectivity index (χ1) is 13.1. The Morgan fingerprint density at radius 1 is 0.815 bits per heavy atom. The second-order valence-electron chi connectivity index (χ2n) is 7.57. The van der Waals surface area contributed by atoms with Crippen LogP contribution < -0.4 is 0 Å². The Balaban J connectivity index is 1.73. The highest BCUT2D eigenvalue weighted by Gasteiger charge is 2.36. The van der Waals surface area contributed by atoms with Gasteiger partial charge in [0.15, 0.2) is 0 Å². The first kappa shape index (κ1) is 18.0. The Kier molecular flexibility index (Phi) is 5.11. The van der Waals surface area contributed by atoms with E-state index in [-0.39, 0.29) is 12.3 Å². The zero-order valence-electron chi connectivity index (χ0n) is 16.4. The fraction of sp³-hybridized carbons (Fsp3) is 0.280. The van der Waals surface area contributed by atoms with Crippen LogP contribution in [0.15, 0.2) is 72.8 Å². The average molecular weight is 357 g/mol. The van der Waals surface area contributed by atoms with Crippen LogP contribution in [0.1, 0.15) is 45.7 Å². The van der Waals surface area contributed by atoms with Gasteiger partial charge in [0, 0.05) is 6.54 Å². The lowest BCUT2D eigenvalue weighted by atomic mass is 9.97. The van der Waals surface area contributed by atoms with Gasteiger partial charge < -0.3 is 4.74 Å². The van der Waals surface area contributed by atoms with Gasteiger partial charge in [0.25, 0.3) is 0 Å². The van der Waals surface area contributed by atoms with Crippen LogP contribution in [0.4, 0.5) is 0 Å². The van der Waals surface area contributed by atoms with E-state index < -0.39 is 0 Å². The van der Waals surface area contributed by atoms with Gasteiger partial charge in [-0.25, -0.2) is 0 Å². The number of nitrogens with zero attached hydrogens (tertiary/aromatic N) is 1. The van der Waals surface area contributed by atoms with Crippen LogP contribution in [0.25, 0.3) is 0 Å². The van der Waals surface area contributed by atoms with Gasteiger partial charge in [0.1, 0.15) is 6.23 Å². The van der Waals surface area contributed by atoms with E-state index in [1.54, 1.807) is 0 Å². The van der Waals surface area contributed by atoms with Crippen LogP contribution in [-0.2, 0) is 11.3 Å². The van der Waals surface area contributed by atoms with E-state index in [1.807, 2.05) is 0 Å². The average Bonchev–Trinajstić information content (AvgIpc) is 3.09. The van der Waals surface area contributed by atoms with Crippen molar-refractivity contribution in [3.05, 3.63) is 106 Å². The van der Waals surface area contributed by atoms with Crippen molar-refractivity contribution < 1.29 is 4.74 Å². The minimum atomic E-state index is -0.0171. The minimum Gasteiger partial charge on any atom is -0.357 e. The molecule has 0 spiro atoms. The summed E-state index contributed by atoms with van der Waals surface area (Å²) < 4.78 is 6.32. The van der Waals surface area contributed by atoms with Crippen molar-refractivity contribution in [2.75, 3.05) is 6.61 Å². The Morgan fingerprint density at radius 2 is 1.37 bits per heavy atom. The molecule has 0 bridgehead atoms. The summed E-state index contributed by atoms with van der Waals surface area (Å²) in [5, 5.41) is 0. The number of hydrogen-bond acceptors (Lipinski definition) is 2. The maximum absolute atomic E-state index is 6.32. The van der Waals surface area contributed by atoms with E-state index in [4.69, 9.17) is 4.74 Å². The molecule has 1 unspecified atom stereocenters. The molecule has 0 aromatic heterocycles. The van der Waals surface area contributed by atoms with Crippen LogP contribution >= 0.6 is 0 Å². The molecule has 0 radical (unpaired) electrons. The van der Waals surface area contributed by atoms with E-state index in [1.165, 1.54) is 33.4 Å². The largest absolute Gasteiger partial charge is 0.357 e. The maximum Gasteiger partial charge on any atom is 0.137 e. The molecule has 2 heteroatoms. The standard InChI is InChI=1S/C25H27NO/c1-18-14-19(2)23(20(3)15-18)16-26-24(21-10-6-4-7-11-21)17-27-25(26)22-12-8-5-9-13-22/h4-15,24-25H,16-17H2,1-3H3/t24-,25?/m0/s1. The van der Waals surface area contributed by atoms with E-state index in [2.05, 4.69) is 98.5 Å². The van der Waals surface area contributed by atoms with Crippen molar-refractivity contribution in [3.8, 4) is 0 Å². The van der Waals surface area contributed by atoms with Gasteiger partial charge in [-0.15, -0.1) is 0 Å². The predicted octanol–water partition coefficient (Wildman–Crippen LogP) is 5.88. The molecular formula is C25H27NO. The van der Waals surface area contributed by atoms with Gasteiger partial charge in [-0.1, -0.05) is 78.4 Å². The number of aryl methyl sites for hydroxylation is 3. The third kappa shape index (κ3) is 3.69. The SMILES string of the molecule is Cc1cc(C)c(CN2C(c3ccccc3)OC[C@H]2c2ccccc2)c(C)c1. The number of rotatable bonds is 4. The molecule has 1 aliphatic heterocycles. The molecule has 2 nitrogen and oxygen atoms in total. The summed E-state index contributed by atoms with van der Waals surface area (Å²) in [6.45, 7) is 8.22. The summed E-state index contributed by atoms with van der Waals surface area (Å²) in [4.78, 5) is 2.51. The summed E-state index contributed by atoms with van der Waals surface area (Å²) in [6.07, 6.45) is -0.0171. The zero-order chi connectivity index (χ0) is 18.8. The van der Waals surface area contributed by atoms with Crippen molar-refractivity contribution in [2.24, 2.45) is 0 Å². The molecule has 3 aromatic carbocycles. The van der Waals surface area contributed by atoms with Crippen LogP contribution in [0.3, 0.4) is 0 Å². The van der Waals surface area contributed by atoms with Gasteiger partial charge in [-0.3, -0.25) is 4.90 Å². The molecular weight excluding hydrogens is 330 g/mol. The molecule has 0 amide bonds. The van der Waals surface area contributed by atoms with Crippen molar-refractivity contribution in [2.45, 2.75) is 39.6 Å². The first-order valence-electron chi connectivity index (χ1n) is 9.67. The summed E-state index contributed by atoms with van der Waals surface area (Å²) >= 11 is 0. The van der Waals surface area contributed by atoms with E-state index >= 15 is 0 Å². The van der Waals surface area contributed by atoms with Gasteiger partial charge in [0.2, 0.25) is 0 Å². The van der Waals surface area contributed by atoms with Gasteiger partial charge >= 0.3 is 0 Å². The van der Waals surface area contributed by atoms with Crippen molar-refractivity contribution >= 4 is 0 Å².